The van der Waals surface area contributed by atoms with Crippen molar-refractivity contribution in [3.8, 4) is 0 Å². The zero-order valence-electron chi connectivity index (χ0n) is 12.1. The lowest BCUT2D eigenvalue weighted by Gasteiger charge is -2.17. The molecule has 124 valence electrons. The fourth-order valence-electron chi connectivity index (χ4n) is 2.10. The van der Waals surface area contributed by atoms with Gasteiger partial charge in [0.2, 0.25) is 15.9 Å². The quantitative estimate of drug-likeness (QED) is 0.848. The first kappa shape index (κ1) is 19.2. The lowest BCUT2D eigenvalue weighted by atomic mass is 10.3. The summed E-state index contributed by atoms with van der Waals surface area (Å²) in [5.74, 6) is -0.387. The van der Waals surface area contributed by atoms with Gasteiger partial charge in [-0.15, -0.1) is 12.4 Å². The van der Waals surface area contributed by atoms with E-state index < -0.39 is 16.1 Å². The first-order chi connectivity index (χ1) is 9.82. The molecule has 0 spiro atoms. The summed E-state index contributed by atoms with van der Waals surface area (Å²) < 4.78 is 26.5. The normalized spacial score (nSPS) is 16.9. The van der Waals surface area contributed by atoms with Crippen LogP contribution in [0.5, 0.6) is 0 Å². The molecule has 3 N–H and O–H groups in total. The third kappa shape index (κ3) is 4.11. The van der Waals surface area contributed by atoms with Gasteiger partial charge >= 0.3 is 0 Å². The molecule has 1 aliphatic heterocycles. The standard InChI is InChI=1S/C13H18ClN3O3S.ClH/c1-9(15)13(18)16-10-4-5-11(14)12(8-10)21(19,20)17-6-2-3-7-17;/h4-5,8-9H,2-3,6-7,15H2,1H3,(H,16,18);1H/t9-;/m0./s1. The Hall–Kier alpha value is -0.860. The number of sulfonamides is 1. The van der Waals surface area contributed by atoms with Gasteiger partial charge in [0.25, 0.3) is 0 Å². The molecule has 1 atom stereocenters. The van der Waals surface area contributed by atoms with E-state index in [0.29, 0.717) is 18.8 Å². The molecule has 2 rings (SSSR count). The van der Waals surface area contributed by atoms with Crippen LogP contribution in [0.3, 0.4) is 0 Å². The van der Waals surface area contributed by atoms with Crippen LogP contribution in [-0.4, -0.2) is 37.8 Å². The van der Waals surface area contributed by atoms with Crippen molar-refractivity contribution in [1.82, 2.24) is 4.31 Å². The Morgan fingerprint density at radius 3 is 2.50 bits per heavy atom. The number of hydrogen-bond acceptors (Lipinski definition) is 4. The summed E-state index contributed by atoms with van der Waals surface area (Å²) in [6.45, 7) is 2.54. The zero-order chi connectivity index (χ0) is 15.6. The van der Waals surface area contributed by atoms with E-state index in [1.54, 1.807) is 13.0 Å². The second-order valence-electron chi connectivity index (χ2n) is 5.03. The molecular weight excluding hydrogens is 349 g/mol. The number of rotatable bonds is 4. The van der Waals surface area contributed by atoms with Crippen LogP contribution in [0, 0.1) is 0 Å². The number of hydrogen-bond donors (Lipinski definition) is 2. The van der Waals surface area contributed by atoms with Crippen molar-refractivity contribution in [1.29, 1.82) is 0 Å². The Morgan fingerprint density at radius 1 is 1.36 bits per heavy atom. The van der Waals surface area contributed by atoms with Gasteiger partial charge in [0, 0.05) is 18.8 Å². The second-order valence-corrected chi connectivity index (χ2v) is 7.35. The number of carbonyl (C=O) groups is 1. The highest BCUT2D eigenvalue weighted by Gasteiger charge is 2.29. The molecule has 0 radical (unpaired) electrons. The molecule has 1 aromatic carbocycles. The van der Waals surface area contributed by atoms with Gasteiger partial charge < -0.3 is 11.1 Å². The minimum Gasteiger partial charge on any atom is -0.325 e. The molecule has 0 unspecified atom stereocenters. The molecule has 1 aromatic rings. The van der Waals surface area contributed by atoms with Crippen LogP contribution in [-0.2, 0) is 14.8 Å². The van der Waals surface area contributed by atoms with Crippen molar-refractivity contribution in [3.05, 3.63) is 23.2 Å². The van der Waals surface area contributed by atoms with Crippen LogP contribution < -0.4 is 11.1 Å². The number of amides is 1. The van der Waals surface area contributed by atoms with Crippen LogP contribution >= 0.6 is 24.0 Å². The molecule has 1 amide bonds. The fourth-order valence-corrected chi connectivity index (χ4v) is 4.12. The molecule has 1 heterocycles. The molecule has 6 nitrogen and oxygen atoms in total. The smallest absolute Gasteiger partial charge is 0.244 e. The molecule has 1 aliphatic rings. The minimum atomic E-state index is -3.63. The summed E-state index contributed by atoms with van der Waals surface area (Å²) in [5.41, 5.74) is 5.83. The monoisotopic (exact) mass is 367 g/mol. The van der Waals surface area contributed by atoms with Gasteiger partial charge in [-0.05, 0) is 38.0 Å². The Morgan fingerprint density at radius 2 is 1.95 bits per heavy atom. The molecule has 22 heavy (non-hydrogen) atoms. The van der Waals surface area contributed by atoms with Gasteiger partial charge in [-0.2, -0.15) is 4.31 Å². The molecule has 1 fully saturated rings. The Kier molecular flexibility index (Phi) is 6.64. The number of nitrogens with zero attached hydrogens (tertiary/aromatic N) is 1. The number of anilines is 1. The van der Waals surface area contributed by atoms with Crippen molar-refractivity contribution in [3.63, 3.8) is 0 Å². The largest absolute Gasteiger partial charge is 0.325 e. The highest BCUT2D eigenvalue weighted by Crippen LogP contribution is 2.29. The van der Waals surface area contributed by atoms with E-state index in [9.17, 15) is 13.2 Å². The van der Waals surface area contributed by atoms with E-state index in [4.69, 9.17) is 17.3 Å². The van der Waals surface area contributed by atoms with Crippen LogP contribution in [0.2, 0.25) is 5.02 Å². The number of nitrogens with one attached hydrogen (secondary N) is 1. The molecule has 0 bridgehead atoms. The predicted octanol–water partition coefficient (Wildman–Crippen LogP) is 1.83. The topological polar surface area (TPSA) is 92.5 Å². The zero-order valence-corrected chi connectivity index (χ0v) is 14.5. The molecule has 0 saturated carbocycles. The maximum Gasteiger partial charge on any atom is 0.244 e. The summed E-state index contributed by atoms with van der Waals surface area (Å²) in [7, 11) is -3.63. The lowest BCUT2D eigenvalue weighted by molar-refractivity contribution is -0.117. The Bertz CT molecular complexity index is 644. The van der Waals surface area contributed by atoms with E-state index in [-0.39, 0.29) is 28.2 Å². The van der Waals surface area contributed by atoms with Crippen molar-refractivity contribution in [2.75, 3.05) is 18.4 Å². The summed E-state index contributed by atoms with van der Waals surface area (Å²) in [4.78, 5) is 11.6. The van der Waals surface area contributed by atoms with Gasteiger partial charge in [0.05, 0.1) is 11.1 Å². The minimum absolute atomic E-state index is 0. The van der Waals surface area contributed by atoms with Gasteiger partial charge in [-0.3, -0.25) is 4.79 Å². The average molecular weight is 368 g/mol. The van der Waals surface area contributed by atoms with Crippen LogP contribution in [0.1, 0.15) is 19.8 Å². The van der Waals surface area contributed by atoms with Crippen molar-refractivity contribution in [2.24, 2.45) is 5.73 Å². The molecular formula is C13H19Cl2N3O3S. The molecule has 0 aliphatic carbocycles. The van der Waals surface area contributed by atoms with Crippen LogP contribution in [0.15, 0.2) is 23.1 Å². The highest BCUT2D eigenvalue weighted by molar-refractivity contribution is 7.89. The Balaban J connectivity index is 0.00000242. The van der Waals surface area contributed by atoms with Gasteiger partial charge in [0.1, 0.15) is 4.90 Å². The first-order valence-corrected chi connectivity index (χ1v) is 8.50. The van der Waals surface area contributed by atoms with Gasteiger partial charge in [-0.25, -0.2) is 8.42 Å². The van der Waals surface area contributed by atoms with E-state index in [1.807, 2.05) is 0 Å². The van der Waals surface area contributed by atoms with E-state index in [2.05, 4.69) is 5.32 Å². The van der Waals surface area contributed by atoms with Crippen molar-refractivity contribution >= 4 is 45.6 Å². The van der Waals surface area contributed by atoms with E-state index in [0.717, 1.165) is 12.8 Å². The van der Waals surface area contributed by atoms with Gasteiger partial charge in [-0.1, -0.05) is 11.6 Å². The maximum atomic E-state index is 12.5. The van der Waals surface area contributed by atoms with Crippen LogP contribution in [0.25, 0.3) is 0 Å². The molecule has 0 aromatic heterocycles. The van der Waals surface area contributed by atoms with E-state index in [1.165, 1.54) is 16.4 Å². The summed E-state index contributed by atoms with van der Waals surface area (Å²) in [6, 6.07) is 3.70. The number of nitrogens with two attached hydrogens (primary N) is 1. The molecule has 9 heteroatoms. The SMILES string of the molecule is C[C@H](N)C(=O)Nc1ccc(Cl)c(S(=O)(=O)N2CCCC2)c1.Cl. The highest BCUT2D eigenvalue weighted by atomic mass is 35.5. The third-order valence-corrected chi connectivity index (χ3v) is 5.68. The predicted molar refractivity (Wildman–Crippen MR) is 89.0 cm³/mol. The van der Waals surface area contributed by atoms with Gasteiger partial charge in [0.15, 0.2) is 0 Å². The van der Waals surface area contributed by atoms with Crippen LogP contribution in [0.4, 0.5) is 5.69 Å². The average Bonchev–Trinajstić information content (AvgIpc) is 2.95. The number of halogens is 2. The summed E-state index contributed by atoms with van der Waals surface area (Å²) >= 11 is 6.02. The first-order valence-electron chi connectivity index (χ1n) is 6.68. The second kappa shape index (κ2) is 7.61. The van der Waals surface area contributed by atoms with Crippen molar-refractivity contribution < 1.29 is 13.2 Å². The Labute approximate surface area is 141 Å². The summed E-state index contributed by atoms with van der Waals surface area (Å²) in [6.07, 6.45) is 1.69. The summed E-state index contributed by atoms with van der Waals surface area (Å²) in [5, 5.41) is 2.71. The van der Waals surface area contributed by atoms with E-state index >= 15 is 0 Å². The maximum absolute atomic E-state index is 12.5. The number of benzene rings is 1. The third-order valence-electron chi connectivity index (χ3n) is 3.30. The van der Waals surface area contributed by atoms with Crippen molar-refractivity contribution in [2.45, 2.75) is 30.7 Å². The molecule has 1 saturated heterocycles. The number of carbonyl (C=O) groups excluding carboxylic acids is 1. The lowest BCUT2D eigenvalue weighted by Crippen LogP contribution is -2.32. The fraction of sp³-hybridized carbons (Fsp3) is 0.462.